The number of nitriles is 1. The molecule has 1 aromatic carbocycles. The van der Waals surface area contributed by atoms with E-state index in [4.69, 9.17) is 5.26 Å². The fourth-order valence-electron chi connectivity index (χ4n) is 1.90. The highest BCUT2D eigenvalue weighted by Gasteiger charge is 2.49. The first kappa shape index (κ1) is 19.3. The van der Waals surface area contributed by atoms with Crippen molar-refractivity contribution in [2.24, 2.45) is 0 Å². The number of nitrogens with zero attached hydrogens (tertiary/aromatic N) is 2. The number of alkyl halides is 3. The predicted octanol–water partition coefficient (Wildman–Crippen LogP) is 2.48. The van der Waals surface area contributed by atoms with Gasteiger partial charge in [0.05, 0.1) is 17.3 Å². The number of halogens is 3. The number of pyridine rings is 1. The third-order valence-electron chi connectivity index (χ3n) is 3.10. The molecule has 0 saturated carbocycles. The lowest BCUT2D eigenvalue weighted by molar-refractivity contribution is -0.0549. The Bertz CT molecular complexity index is 1050. The Morgan fingerprint density at radius 2 is 1.77 bits per heavy atom. The Balaban J connectivity index is 2.46. The molecule has 0 spiro atoms. The SMILES string of the molecule is Cc1cc(/C=C/c2ccc(C#N)cc2)n(OS(=O)(=O)C(F)(F)F)c(=O)c1. The molecule has 0 saturated heterocycles. The summed E-state index contributed by atoms with van der Waals surface area (Å²) in [6.45, 7) is 1.52. The average Bonchev–Trinajstić information content (AvgIpc) is 2.55. The van der Waals surface area contributed by atoms with Gasteiger partial charge in [0.2, 0.25) is 0 Å². The van der Waals surface area contributed by atoms with Crippen LogP contribution in [0, 0.1) is 18.3 Å². The van der Waals surface area contributed by atoms with Crippen molar-refractivity contribution in [2.75, 3.05) is 0 Å². The van der Waals surface area contributed by atoms with E-state index < -0.39 is 21.2 Å². The highest BCUT2D eigenvalue weighted by Crippen LogP contribution is 2.23. The molecule has 0 radical (unpaired) electrons. The van der Waals surface area contributed by atoms with Crippen LogP contribution in [0.4, 0.5) is 13.2 Å². The Morgan fingerprint density at radius 1 is 1.15 bits per heavy atom. The van der Waals surface area contributed by atoms with Crippen LogP contribution in [0.5, 0.6) is 0 Å². The van der Waals surface area contributed by atoms with Crippen molar-refractivity contribution < 1.29 is 25.9 Å². The van der Waals surface area contributed by atoms with E-state index >= 15 is 0 Å². The molecule has 1 heterocycles. The maximum atomic E-state index is 12.5. The van der Waals surface area contributed by atoms with Crippen molar-refractivity contribution in [2.45, 2.75) is 12.4 Å². The topological polar surface area (TPSA) is 89.2 Å². The Labute approximate surface area is 146 Å². The van der Waals surface area contributed by atoms with Crippen LogP contribution in [0.3, 0.4) is 0 Å². The predicted molar refractivity (Wildman–Crippen MR) is 87.1 cm³/mol. The highest BCUT2D eigenvalue weighted by molar-refractivity contribution is 7.87. The molecule has 26 heavy (non-hydrogen) atoms. The quantitative estimate of drug-likeness (QED) is 0.756. The molecular weight excluding hydrogens is 373 g/mol. The van der Waals surface area contributed by atoms with Gasteiger partial charge in [-0.1, -0.05) is 18.2 Å². The first-order valence-electron chi connectivity index (χ1n) is 6.97. The minimum absolute atomic E-state index is 0.0516. The van der Waals surface area contributed by atoms with Crippen LogP contribution < -0.4 is 9.84 Å². The van der Waals surface area contributed by atoms with Gasteiger partial charge in [0.1, 0.15) is 0 Å². The molecule has 10 heteroatoms. The van der Waals surface area contributed by atoms with Gasteiger partial charge in [-0.15, -0.1) is 4.73 Å². The Hall–Kier alpha value is -3.06. The van der Waals surface area contributed by atoms with Crippen LogP contribution in [0.25, 0.3) is 12.2 Å². The van der Waals surface area contributed by atoms with E-state index in [1.54, 1.807) is 12.1 Å². The van der Waals surface area contributed by atoms with E-state index in [-0.39, 0.29) is 10.4 Å². The molecular formula is C16H11F3N2O4S. The lowest BCUT2D eigenvalue weighted by atomic mass is 10.1. The fourth-order valence-corrected chi connectivity index (χ4v) is 2.34. The largest absolute Gasteiger partial charge is 0.536 e. The number of aryl methyl sites for hydroxylation is 1. The number of hydrogen-bond acceptors (Lipinski definition) is 5. The van der Waals surface area contributed by atoms with Crippen LogP contribution in [0.1, 0.15) is 22.4 Å². The molecule has 2 rings (SSSR count). The molecule has 0 N–H and O–H groups in total. The highest BCUT2D eigenvalue weighted by atomic mass is 32.2. The summed E-state index contributed by atoms with van der Waals surface area (Å²) < 4.78 is 63.9. The lowest BCUT2D eigenvalue weighted by Crippen LogP contribution is -2.38. The summed E-state index contributed by atoms with van der Waals surface area (Å²) in [5.74, 6) is 0. The van der Waals surface area contributed by atoms with Gasteiger partial charge in [0.25, 0.3) is 5.56 Å². The summed E-state index contributed by atoms with van der Waals surface area (Å²) in [6.07, 6.45) is 2.65. The number of rotatable bonds is 4. The van der Waals surface area contributed by atoms with Crippen molar-refractivity contribution in [3.63, 3.8) is 0 Å². The molecule has 0 amide bonds. The molecule has 1 aromatic heterocycles. The molecule has 6 nitrogen and oxygen atoms in total. The standard InChI is InChI=1S/C16H11F3N2O4S/c1-11-8-14(7-6-12-2-4-13(10-20)5-3-12)21(15(22)9-11)25-26(23,24)16(17,18)19/h2-9H,1H3/b7-6+. The van der Waals surface area contributed by atoms with Gasteiger partial charge >= 0.3 is 15.6 Å². The first-order chi connectivity index (χ1) is 12.0. The molecule has 136 valence electrons. The summed E-state index contributed by atoms with van der Waals surface area (Å²) in [5.41, 5.74) is -5.56. The summed E-state index contributed by atoms with van der Waals surface area (Å²) in [6, 6.07) is 10.3. The Morgan fingerprint density at radius 3 is 2.31 bits per heavy atom. The molecule has 0 aliphatic carbocycles. The van der Waals surface area contributed by atoms with E-state index in [1.165, 1.54) is 37.3 Å². The molecule has 0 unspecified atom stereocenters. The summed E-state index contributed by atoms with van der Waals surface area (Å²) in [4.78, 5) is 11.9. The summed E-state index contributed by atoms with van der Waals surface area (Å²) >= 11 is 0. The third kappa shape index (κ3) is 4.31. The van der Waals surface area contributed by atoms with E-state index in [2.05, 4.69) is 4.28 Å². The van der Waals surface area contributed by atoms with Crippen molar-refractivity contribution in [1.82, 2.24) is 4.73 Å². The first-order valence-corrected chi connectivity index (χ1v) is 8.37. The van der Waals surface area contributed by atoms with Crippen LogP contribution >= 0.6 is 0 Å². The zero-order chi connectivity index (χ0) is 19.5. The van der Waals surface area contributed by atoms with Crippen LogP contribution in [-0.4, -0.2) is 18.7 Å². The summed E-state index contributed by atoms with van der Waals surface area (Å²) in [5, 5.41) is 8.74. The normalized spacial score (nSPS) is 12.1. The molecule has 0 fully saturated rings. The minimum Gasteiger partial charge on any atom is -0.277 e. The second-order valence-electron chi connectivity index (χ2n) is 5.13. The average molecular weight is 384 g/mol. The van der Waals surface area contributed by atoms with Crippen LogP contribution in [0.2, 0.25) is 0 Å². The van der Waals surface area contributed by atoms with E-state index in [0.29, 0.717) is 16.7 Å². The smallest absolute Gasteiger partial charge is 0.277 e. The van der Waals surface area contributed by atoms with Gasteiger partial charge in [0, 0.05) is 6.07 Å². The van der Waals surface area contributed by atoms with Gasteiger partial charge < -0.3 is 0 Å². The van der Waals surface area contributed by atoms with E-state index in [1.807, 2.05) is 6.07 Å². The minimum atomic E-state index is -6.01. The number of hydrogen-bond donors (Lipinski definition) is 0. The Kier molecular flexibility index (Phi) is 5.22. The molecule has 0 bridgehead atoms. The third-order valence-corrected chi connectivity index (χ3v) is 4.02. The van der Waals surface area contributed by atoms with Crippen LogP contribution in [-0.2, 0) is 10.1 Å². The van der Waals surface area contributed by atoms with Crippen molar-refractivity contribution in [3.05, 3.63) is 69.1 Å². The van der Waals surface area contributed by atoms with E-state index in [9.17, 15) is 26.4 Å². The molecule has 2 aromatic rings. The van der Waals surface area contributed by atoms with Gasteiger partial charge in [0.15, 0.2) is 0 Å². The fraction of sp³-hybridized carbons (Fsp3) is 0.125. The molecule has 0 aliphatic heterocycles. The van der Waals surface area contributed by atoms with Crippen LogP contribution in [0.15, 0.2) is 41.2 Å². The van der Waals surface area contributed by atoms with Gasteiger partial charge in [-0.2, -0.15) is 26.9 Å². The van der Waals surface area contributed by atoms with Crippen molar-refractivity contribution >= 4 is 22.3 Å². The van der Waals surface area contributed by atoms with Gasteiger partial charge in [-0.3, -0.25) is 9.08 Å². The number of benzene rings is 1. The lowest BCUT2D eigenvalue weighted by Gasteiger charge is -2.13. The maximum Gasteiger partial charge on any atom is 0.536 e. The second kappa shape index (κ2) is 7.05. The monoisotopic (exact) mass is 384 g/mol. The second-order valence-corrected chi connectivity index (χ2v) is 6.65. The zero-order valence-corrected chi connectivity index (χ0v) is 14.0. The maximum absolute atomic E-state index is 12.5. The summed E-state index contributed by atoms with van der Waals surface area (Å²) in [7, 11) is -6.01. The van der Waals surface area contributed by atoms with Crippen molar-refractivity contribution in [3.8, 4) is 6.07 Å². The van der Waals surface area contributed by atoms with Crippen molar-refractivity contribution in [1.29, 1.82) is 5.26 Å². The zero-order valence-electron chi connectivity index (χ0n) is 13.2. The van der Waals surface area contributed by atoms with Gasteiger partial charge in [-0.05, 0) is 42.3 Å². The molecule has 0 aliphatic rings. The number of aromatic nitrogens is 1. The molecule has 0 atom stereocenters. The van der Waals surface area contributed by atoms with Gasteiger partial charge in [-0.25, -0.2) is 0 Å². The van der Waals surface area contributed by atoms with E-state index in [0.717, 1.165) is 6.07 Å².